The zero-order valence-corrected chi connectivity index (χ0v) is 15.1. The zero-order valence-electron chi connectivity index (χ0n) is 14.3. The van der Waals surface area contributed by atoms with Gasteiger partial charge in [-0.1, -0.05) is 47.6 Å². The number of alkyl halides is 1. The van der Waals surface area contributed by atoms with Gasteiger partial charge in [0.05, 0.1) is 12.0 Å². The highest BCUT2D eigenvalue weighted by Gasteiger charge is 2.32. The highest BCUT2D eigenvalue weighted by Crippen LogP contribution is 2.41. The number of fused-ring (bicyclic) bond motifs is 1. The van der Waals surface area contributed by atoms with E-state index in [2.05, 4.69) is 59.7 Å². The van der Waals surface area contributed by atoms with Crippen molar-refractivity contribution in [3.8, 4) is 5.75 Å². The van der Waals surface area contributed by atoms with E-state index in [-0.39, 0.29) is 10.8 Å². The lowest BCUT2D eigenvalue weighted by molar-refractivity contribution is 0.291. The summed E-state index contributed by atoms with van der Waals surface area (Å²) in [7, 11) is 0. The van der Waals surface area contributed by atoms with Gasteiger partial charge in [0, 0.05) is 11.0 Å². The van der Waals surface area contributed by atoms with Crippen molar-refractivity contribution in [2.45, 2.75) is 65.2 Å². The molecule has 0 spiro atoms. The fourth-order valence-corrected chi connectivity index (χ4v) is 3.79. The van der Waals surface area contributed by atoms with Crippen molar-refractivity contribution in [1.82, 2.24) is 0 Å². The van der Waals surface area contributed by atoms with E-state index in [1.807, 2.05) is 0 Å². The highest BCUT2D eigenvalue weighted by molar-refractivity contribution is 6.20. The quantitative estimate of drug-likeness (QED) is 0.611. The van der Waals surface area contributed by atoms with E-state index in [1.54, 1.807) is 0 Å². The van der Waals surface area contributed by atoms with Crippen LogP contribution < -0.4 is 4.74 Å². The third kappa shape index (κ3) is 4.16. The first-order valence-corrected chi connectivity index (χ1v) is 8.43. The van der Waals surface area contributed by atoms with Gasteiger partial charge in [0.2, 0.25) is 0 Å². The zero-order chi connectivity index (χ0) is 15.8. The largest absolute Gasteiger partial charge is 0.492 e. The van der Waals surface area contributed by atoms with E-state index in [9.17, 15) is 0 Å². The second-order valence-electron chi connectivity index (χ2n) is 8.50. The summed E-state index contributed by atoms with van der Waals surface area (Å²) >= 11 is 6.68. The smallest absolute Gasteiger partial charge is 0.123 e. The molecule has 0 aliphatic carbocycles. The number of hydrogen-bond donors (Lipinski definition) is 0. The average molecular weight is 309 g/mol. The van der Waals surface area contributed by atoms with Gasteiger partial charge in [-0.25, -0.2) is 0 Å². The Morgan fingerprint density at radius 3 is 2.57 bits per heavy atom. The van der Waals surface area contributed by atoms with Gasteiger partial charge >= 0.3 is 0 Å². The lowest BCUT2D eigenvalue weighted by atomic mass is 9.82. The number of rotatable bonds is 4. The lowest BCUT2D eigenvalue weighted by Gasteiger charge is -2.25. The molecule has 0 radical (unpaired) electrons. The summed E-state index contributed by atoms with van der Waals surface area (Å²) in [6.45, 7) is 14.4. The molecule has 1 aliphatic rings. The summed E-state index contributed by atoms with van der Waals surface area (Å²) in [4.78, 5) is 0. The summed E-state index contributed by atoms with van der Waals surface area (Å²) in [5, 5.41) is 0.0871. The van der Waals surface area contributed by atoms with Crippen LogP contribution in [0, 0.1) is 11.3 Å². The Bertz CT molecular complexity index is 499. The fraction of sp³-hybridized carbons (Fsp3) is 0.684. The second-order valence-corrected chi connectivity index (χ2v) is 9.03. The molecule has 1 nitrogen and oxygen atoms in total. The molecule has 1 aromatic rings. The first-order chi connectivity index (χ1) is 9.58. The predicted molar refractivity (Wildman–Crippen MR) is 91.4 cm³/mol. The van der Waals surface area contributed by atoms with Crippen LogP contribution in [0.4, 0.5) is 0 Å². The molecular formula is C19H29ClO. The summed E-state index contributed by atoms with van der Waals surface area (Å²) in [5.41, 5.74) is 2.99. The van der Waals surface area contributed by atoms with Crippen LogP contribution in [-0.2, 0) is 5.41 Å². The number of benzene rings is 1. The maximum absolute atomic E-state index is 6.68. The molecule has 0 saturated carbocycles. The molecule has 1 aliphatic heterocycles. The Morgan fingerprint density at radius 1 is 1.29 bits per heavy atom. The van der Waals surface area contributed by atoms with E-state index in [0.717, 1.165) is 18.8 Å². The molecule has 1 aromatic carbocycles. The van der Waals surface area contributed by atoms with Crippen LogP contribution in [0.5, 0.6) is 5.75 Å². The SMILES string of the molecule is CC(CC(Cl)c1ccc2c(c1)C(C)(C)CO2)CC(C)(C)C. The topological polar surface area (TPSA) is 9.23 Å². The van der Waals surface area contributed by atoms with Crippen LogP contribution >= 0.6 is 11.6 Å². The molecule has 0 aromatic heterocycles. The highest BCUT2D eigenvalue weighted by atomic mass is 35.5. The molecule has 0 N–H and O–H groups in total. The van der Waals surface area contributed by atoms with E-state index >= 15 is 0 Å². The van der Waals surface area contributed by atoms with Gasteiger partial charge < -0.3 is 4.74 Å². The van der Waals surface area contributed by atoms with Crippen LogP contribution in [0.2, 0.25) is 0 Å². The molecule has 0 amide bonds. The Kier molecular flexibility index (Phi) is 4.63. The second kappa shape index (κ2) is 5.83. The van der Waals surface area contributed by atoms with Gasteiger partial charge in [-0.3, -0.25) is 0 Å². The minimum atomic E-state index is 0.0871. The third-order valence-corrected chi connectivity index (χ3v) is 4.68. The van der Waals surface area contributed by atoms with Crippen molar-refractivity contribution >= 4 is 11.6 Å². The van der Waals surface area contributed by atoms with Crippen LogP contribution in [-0.4, -0.2) is 6.61 Å². The van der Waals surface area contributed by atoms with Crippen LogP contribution in [0.15, 0.2) is 18.2 Å². The minimum Gasteiger partial charge on any atom is -0.492 e. The van der Waals surface area contributed by atoms with E-state index in [4.69, 9.17) is 16.3 Å². The molecule has 2 unspecified atom stereocenters. The molecule has 0 saturated heterocycles. The van der Waals surface area contributed by atoms with Gasteiger partial charge in [0.15, 0.2) is 0 Å². The number of halogens is 1. The molecule has 21 heavy (non-hydrogen) atoms. The molecule has 0 fully saturated rings. The molecule has 118 valence electrons. The summed E-state index contributed by atoms with van der Waals surface area (Å²) in [6, 6.07) is 6.47. The van der Waals surface area contributed by atoms with Crippen molar-refractivity contribution in [2.24, 2.45) is 11.3 Å². The fourth-order valence-electron chi connectivity index (χ4n) is 3.35. The average Bonchev–Trinajstić information content (AvgIpc) is 2.62. The molecular weight excluding hydrogens is 280 g/mol. The molecule has 0 bridgehead atoms. The van der Waals surface area contributed by atoms with Crippen LogP contribution in [0.1, 0.15) is 70.9 Å². The van der Waals surface area contributed by atoms with Gasteiger partial charge in [0.1, 0.15) is 5.75 Å². The summed E-state index contributed by atoms with van der Waals surface area (Å²) in [5.74, 6) is 1.65. The number of hydrogen-bond acceptors (Lipinski definition) is 1. The van der Waals surface area contributed by atoms with Gasteiger partial charge in [0.25, 0.3) is 0 Å². The molecule has 1 heterocycles. The normalized spacial score (nSPS) is 19.8. The van der Waals surface area contributed by atoms with Crippen LogP contribution in [0.3, 0.4) is 0 Å². The summed E-state index contributed by atoms with van der Waals surface area (Å²) < 4.78 is 5.75. The minimum absolute atomic E-state index is 0.0871. The monoisotopic (exact) mass is 308 g/mol. The Morgan fingerprint density at radius 2 is 1.95 bits per heavy atom. The van der Waals surface area contributed by atoms with E-state index in [0.29, 0.717) is 11.3 Å². The van der Waals surface area contributed by atoms with E-state index in [1.165, 1.54) is 17.5 Å². The van der Waals surface area contributed by atoms with Crippen LogP contribution in [0.25, 0.3) is 0 Å². The predicted octanol–water partition coefficient (Wildman–Crippen LogP) is 6.10. The molecule has 2 heteroatoms. The Hall–Kier alpha value is -0.690. The first kappa shape index (κ1) is 16.7. The maximum atomic E-state index is 6.68. The van der Waals surface area contributed by atoms with Crippen molar-refractivity contribution in [2.75, 3.05) is 6.61 Å². The Labute approximate surface area is 135 Å². The van der Waals surface area contributed by atoms with Crippen molar-refractivity contribution in [3.63, 3.8) is 0 Å². The number of ether oxygens (including phenoxy) is 1. The summed E-state index contributed by atoms with van der Waals surface area (Å²) in [6.07, 6.45) is 2.23. The molecule has 2 rings (SSSR count). The van der Waals surface area contributed by atoms with Crippen molar-refractivity contribution < 1.29 is 4.74 Å². The third-order valence-electron chi connectivity index (χ3n) is 4.25. The molecule has 2 atom stereocenters. The van der Waals surface area contributed by atoms with E-state index < -0.39 is 0 Å². The van der Waals surface area contributed by atoms with Gasteiger partial charge in [-0.2, -0.15) is 0 Å². The maximum Gasteiger partial charge on any atom is 0.123 e. The van der Waals surface area contributed by atoms with Crippen molar-refractivity contribution in [3.05, 3.63) is 29.3 Å². The van der Waals surface area contributed by atoms with Gasteiger partial charge in [-0.15, -0.1) is 11.6 Å². The standard InChI is InChI=1S/C19H29ClO/c1-13(11-18(2,3)4)9-16(20)14-7-8-17-15(10-14)19(5,6)12-21-17/h7-8,10,13,16H,9,11-12H2,1-6H3. The Balaban J connectivity index is 2.09. The lowest BCUT2D eigenvalue weighted by Crippen LogP contribution is -2.18. The van der Waals surface area contributed by atoms with Gasteiger partial charge in [-0.05, 0) is 41.9 Å². The first-order valence-electron chi connectivity index (χ1n) is 8.00. The van der Waals surface area contributed by atoms with Crippen molar-refractivity contribution in [1.29, 1.82) is 0 Å².